The number of aliphatic carboxylic acids is 1. The molecule has 1 atom stereocenters. The van der Waals surface area contributed by atoms with E-state index in [2.05, 4.69) is 0 Å². The van der Waals surface area contributed by atoms with Crippen molar-refractivity contribution in [3.63, 3.8) is 0 Å². The molecule has 0 aliphatic rings. The van der Waals surface area contributed by atoms with Crippen LogP contribution in [0.4, 0.5) is 0 Å². The van der Waals surface area contributed by atoms with E-state index in [1.807, 2.05) is 0 Å². The zero-order valence-electron chi connectivity index (χ0n) is 16.3. The zero-order valence-corrected chi connectivity index (χ0v) is 21.8. The normalized spacial score (nSPS) is 11.9. The van der Waals surface area contributed by atoms with E-state index in [4.69, 9.17) is 15.3 Å². The summed E-state index contributed by atoms with van der Waals surface area (Å²) < 4.78 is 0. The molecule has 0 saturated carbocycles. The first-order valence-electron chi connectivity index (χ1n) is 10.2. The topological polar surface area (TPSA) is 77.8 Å². The van der Waals surface area contributed by atoms with Crippen LogP contribution in [0.15, 0.2) is 0 Å². The van der Waals surface area contributed by atoms with E-state index in [-0.39, 0.29) is 26.2 Å². The van der Waals surface area contributed by atoms with E-state index >= 15 is 0 Å². The quantitative estimate of drug-likeness (QED) is 0.167. The van der Waals surface area contributed by atoms with Gasteiger partial charge in [0.2, 0.25) is 0 Å². The summed E-state index contributed by atoms with van der Waals surface area (Å²) in [5.74, 6) is -1.10. The Kier molecular flexibility index (Phi) is 24.5. The van der Waals surface area contributed by atoms with Gasteiger partial charge in [0.05, 0.1) is 0 Å². The third-order valence-electron chi connectivity index (χ3n) is 4.67. The van der Waals surface area contributed by atoms with Crippen LogP contribution in [0.25, 0.3) is 0 Å². The minimum absolute atomic E-state index is 0. The van der Waals surface area contributed by atoms with E-state index in [1.54, 1.807) is 0 Å². The van der Waals surface area contributed by atoms with Crippen molar-refractivity contribution in [1.82, 2.24) is 0 Å². The van der Waals surface area contributed by atoms with Crippen molar-refractivity contribution < 1.29 is 20.1 Å². The van der Waals surface area contributed by atoms with Crippen LogP contribution in [-0.2, 0) is 4.79 Å². The second-order valence-corrected chi connectivity index (χ2v) is 7.02. The fraction of sp³-hybridized carbons (Fsp3) is 0.950. The first-order chi connectivity index (χ1) is 11.7. The average Bonchev–Trinajstić information content (AvgIpc) is 2.57. The summed E-state index contributed by atoms with van der Waals surface area (Å²) in [6.07, 6.45) is 18.9. The van der Waals surface area contributed by atoms with Crippen molar-refractivity contribution in [3.8, 4) is 0 Å². The molecule has 25 heavy (non-hydrogen) atoms. The SMILES string of the molecule is O=C(O)C(O)CCCCCCCCCCCCCCCCCCO.[BiH3]. The monoisotopic (exact) mass is 556 g/mol. The van der Waals surface area contributed by atoms with Crippen molar-refractivity contribution in [2.24, 2.45) is 0 Å². The molecule has 1 unspecified atom stereocenters. The van der Waals surface area contributed by atoms with E-state index in [1.165, 1.54) is 77.0 Å². The first kappa shape index (κ1) is 27.5. The third kappa shape index (κ3) is 22.2. The molecule has 0 aromatic carbocycles. The molecule has 0 spiro atoms. The van der Waals surface area contributed by atoms with Gasteiger partial charge in [0.1, 0.15) is 0 Å². The Bertz CT molecular complexity index is 274. The van der Waals surface area contributed by atoms with Gasteiger partial charge >= 0.3 is 32.2 Å². The molecule has 0 fully saturated rings. The molecule has 5 heteroatoms. The molecule has 152 valence electrons. The Morgan fingerprint density at radius 2 is 0.880 bits per heavy atom. The summed E-state index contributed by atoms with van der Waals surface area (Å²) in [4.78, 5) is 10.4. The van der Waals surface area contributed by atoms with Gasteiger partial charge in [-0.25, -0.2) is 4.79 Å². The predicted octanol–water partition coefficient (Wildman–Crippen LogP) is 3.87. The number of hydrogen-bond donors (Lipinski definition) is 3. The van der Waals surface area contributed by atoms with Gasteiger partial charge < -0.3 is 15.3 Å². The standard InChI is InChI=1S/C20H40O4.Bi.3H/c21-18-16-14-12-10-8-6-4-2-1-3-5-7-9-11-13-15-17-19(22)20(23)24;;;;/h19,21-22H,1-18H2,(H,23,24);;;;. The summed E-state index contributed by atoms with van der Waals surface area (Å²) in [7, 11) is 0. The Balaban J connectivity index is 0. The van der Waals surface area contributed by atoms with Gasteiger partial charge in [-0.2, -0.15) is 0 Å². The van der Waals surface area contributed by atoms with Gasteiger partial charge in [-0.15, -0.1) is 0 Å². The van der Waals surface area contributed by atoms with Crippen molar-refractivity contribution in [2.45, 2.75) is 115 Å². The summed E-state index contributed by atoms with van der Waals surface area (Å²) in [5.41, 5.74) is 0. The minimum atomic E-state index is -1.18. The fourth-order valence-corrected chi connectivity index (χ4v) is 3.05. The number of carboxylic acid groups (broad SMARTS) is 1. The first-order valence-corrected chi connectivity index (χ1v) is 10.2. The van der Waals surface area contributed by atoms with Gasteiger partial charge in [-0.3, -0.25) is 0 Å². The number of unbranched alkanes of at least 4 members (excludes halogenated alkanes) is 15. The van der Waals surface area contributed by atoms with Gasteiger partial charge in [0.25, 0.3) is 0 Å². The molecule has 0 aromatic rings. The van der Waals surface area contributed by atoms with Gasteiger partial charge in [-0.1, -0.05) is 96.3 Å². The van der Waals surface area contributed by atoms with E-state index in [9.17, 15) is 4.79 Å². The van der Waals surface area contributed by atoms with Crippen LogP contribution < -0.4 is 0 Å². The molecule has 0 aromatic heterocycles. The summed E-state index contributed by atoms with van der Waals surface area (Å²) in [5, 5.41) is 26.4. The van der Waals surface area contributed by atoms with Crippen LogP contribution in [0.2, 0.25) is 0 Å². The Morgan fingerprint density at radius 1 is 0.600 bits per heavy atom. The number of carboxylic acids is 1. The summed E-state index contributed by atoms with van der Waals surface area (Å²) >= 11 is 0. The van der Waals surface area contributed by atoms with Crippen LogP contribution in [0.5, 0.6) is 0 Å². The molecule has 0 bridgehead atoms. The van der Waals surface area contributed by atoms with Crippen molar-refractivity contribution in [1.29, 1.82) is 0 Å². The third-order valence-corrected chi connectivity index (χ3v) is 4.67. The second kappa shape index (κ2) is 22.3. The molecule has 0 heterocycles. The fourth-order valence-electron chi connectivity index (χ4n) is 3.05. The number of aliphatic hydroxyl groups excluding tert-OH is 2. The van der Waals surface area contributed by atoms with Crippen molar-refractivity contribution in [2.75, 3.05) is 6.61 Å². The van der Waals surface area contributed by atoms with Crippen molar-refractivity contribution in [3.05, 3.63) is 0 Å². The number of aliphatic hydroxyl groups is 2. The molecule has 0 aliphatic carbocycles. The van der Waals surface area contributed by atoms with Gasteiger partial charge in [0.15, 0.2) is 6.10 Å². The molecule has 3 N–H and O–H groups in total. The Morgan fingerprint density at radius 3 is 1.16 bits per heavy atom. The van der Waals surface area contributed by atoms with Crippen molar-refractivity contribution >= 4 is 32.2 Å². The maximum absolute atomic E-state index is 10.4. The van der Waals surface area contributed by atoms with Gasteiger partial charge in [-0.05, 0) is 12.8 Å². The molecule has 0 rings (SSSR count). The maximum atomic E-state index is 10.4. The van der Waals surface area contributed by atoms with E-state index in [0.29, 0.717) is 13.0 Å². The van der Waals surface area contributed by atoms with Gasteiger partial charge in [0, 0.05) is 6.61 Å². The number of rotatable bonds is 19. The van der Waals surface area contributed by atoms with Crippen LogP contribution in [0.1, 0.15) is 109 Å². The molecule has 0 aliphatic heterocycles. The van der Waals surface area contributed by atoms with Crippen LogP contribution in [0, 0.1) is 0 Å². The predicted molar refractivity (Wildman–Crippen MR) is 109 cm³/mol. The molecule has 0 radical (unpaired) electrons. The van der Waals surface area contributed by atoms with E-state index < -0.39 is 12.1 Å². The van der Waals surface area contributed by atoms with Crippen LogP contribution in [0.3, 0.4) is 0 Å². The molecule has 0 saturated heterocycles. The Hall–Kier alpha value is 0.273. The second-order valence-electron chi connectivity index (χ2n) is 7.02. The summed E-state index contributed by atoms with van der Waals surface area (Å²) in [6.45, 7) is 0.341. The molecular formula is C20H43BiO4. The number of hydrogen-bond acceptors (Lipinski definition) is 3. The molecular weight excluding hydrogens is 513 g/mol. The van der Waals surface area contributed by atoms with Crippen LogP contribution >= 0.6 is 0 Å². The zero-order chi connectivity index (χ0) is 17.9. The molecule has 0 amide bonds. The Labute approximate surface area is 173 Å². The number of carbonyl (C=O) groups is 1. The van der Waals surface area contributed by atoms with Crippen LogP contribution in [-0.4, -0.2) is 60.2 Å². The summed E-state index contributed by atoms with van der Waals surface area (Å²) in [6, 6.07) is 0. The average molecular weight is 557 g/mol. The molecule has 4 nitrogen and oxygen atoms in total. The van der Waals surface area contributed by atoms with E-state index in [0.717, 1.165) is 25.7 Å².